The van der Waals surface area contributed by atoms with Gasteiger partial charge in [-0.2, -0.15) is 0 Å². The first-order valence-corrected chi connectivity index (χ1v) is 6.83. The predicted octanol–water partition coefficient (Wildman–Crippen LogP) is 5.56. The molecule has 2 rings (SSSR count). The lowest BCUT2D eigenvalue weighted by molar-refractivity contribution is 0.566. The molecule has 0 spiro atoms. The van der Waals surface area contributed by atoms with Gasteiger partial charge in [-0.15, -0.1) is 11.8 Å². The van der Waals surface area contributed by atoms with Crippen LogP contribution in [0.4, 0.5) is 8.78 Å². The normalized spacial score (nSPS) is 10.7. The Balaban J connectivity index is 2.22. The molecule has 0 radical (unpaired) electrons. The number of hydrogen-bond acceptors (Lipinski definition) is 1. The van der Waals surface area contributed by atoms with Gasteiger partial charge in [-0.25, -0.2) is 8.78 Å². The van der Waals surface area contributed by atoms with Crippen LogP contribution < -0.4 is 0 Å². The zero-order chi connectivity index (χ0) is 13.1. The zero-order valence-electron chi connectivity index (χ0n) is 9.09. The molecule has 0 heterocycles. The second-order valence-corrected chi connectivity index (χ2v) is 5.31. The molecule has 0 bridgehead atoms. The van der Waals surface area contributed by atoms with E-state index in [2.05, 4.69) is 0 Å². The van der Waals surface area contributed by atoms with Crippen molar-refractivity contribution in [2.75, 3.05) is 0 Å². The minimum atomic E-state index is -0.844. The van der Waals surface area contributed by atoms with Crippen LogP contribution in [0.5, 0.6) is 0 Å². The van der Waals surface area contributed by atoms with E-state index >= 15 is 0 Å². The Labute approximate surface area is 118 Å². The fourth-order valence-corrected chi connectivity index (χ4v) is 2.89. The molecule has 0 saturated carbocycles. The molecule has 0 aromatic heterocycles. The van der Waals surface area contributed by atoms with Crippen molar-refractivity contribution in [2.45, 2.75) is 10.6 Å². The van der Waals surface area contributed by atoms with Crippen molar-refractivity contribution in [3.63, 3.8) is 0 Å². The molecule has 5 heteroatoms. The molecule has 2 aromatic rings. The van der Waals surface area contributed by atoms with Gasteiger partial charge in [0.2, 0.25) is 0 Å². The highest BCUT2D eigenvalue weighted by molar-refractivity contribution is 7.98. The Hall–Kier alpha value is -0.770. The van der Waals surface area contributed by atoms with E-state index in [1.807, 2.05) is 30.3 Å². The Morgan fingerprint density at radius 1 is 0.944 bits per heavy atom. The van der Waals surface area contributed by atoms with E-state index in [9.17, 15) is 8.78 Å². The summed E-state index contributed by atoms with van der Waals surface area (Å²) in [6.07, 6.45) is 0. The van der Waals surface area contributed by atoms with Crippen LogP contribution in [0.25, 0.3) is 0 Å². The maximum Gasteiger partial charge on any atom is 0.146 e. The van der Waals surface area contributed by atoms with Crippen LogP contribution in [-0.2, 0) is 5.75 Å². The van der Waals surface area contributed by atoms with E-state index in [1.165, 1.54) is 11.8 Å². The summed E-state index contributed by atoms with van der Waals surface area (Å²) in [5.74, 6) is -0.995. The summed E-state index contributed by atoms with van der Waals surface area (Å²) in [6, 6.07) is 10.3. The highest BCUT2D eigenvalue weighted by Crippen LogP contribution is 2.38. The summed E-state index contributed by atoms with van der Waals surface area (Å²) in [4.78, 5) is 0.173. The second kappa shape index (κ2) is 5.91. The van der Waals surface area contributed by atoms with Gasteiger partial charge in [-0.05, 0) is 5.56 Å². The summed E-state index contributed by atoms with van der Waals surface area (Å²) >= 11 is 12.7. The van der Waals surface area contributed by atoms with E-state index in [1.54, 1.807) is 0 Å². The Morgan fingerprint density at radius 2 is 1.61 bits per heavy atom. The van der Waals surface area contributed by atoms with Gasteiger partial charge >= 0.3 is 0 Å². The molecule has 0 nitrogen and oxygen atoms in total. The maximum atomic E-state index is 13.6. The molecule has 0 aliphatic rings. The highest BCUT2D eigenvalue weighted by atomic mass is 35.5. The molecule has 2 aromatic carbocycles. The van der Waals surface area contributed by atoms with Crippen LogP contribution in [-0.4, -0.2) is 0 Å². The van der Waals surface area contributed by atoms with E-state index in [-0.39, 0.29) is 14.9 Å². The third kappa shape index (κ3) is 2.97. The SMILES string of the molecule is Fc1cc(F)c(SCc2ccccc2)c(Cl)c1Cl. The van der Waals surface area contributed by atoms with Gasteiger partial charge in [0, 0.05) is 11.8 Å². The number of benzene rings is 2. The smallest absolute Gasteiger partial charge is 0.146 e. The Bertz CT molecular complexity index is 559. The first-order valence-electron chi connectivity index (χ1n) is 5.09. The van der Waals surface area contributed by atoms with Crippen molar-refractivity contribution in [3.05, 3.63) is 63.6 Å². The highest BCUT2D eigenvalue weighted by Gasteiger charge is 2.16. The van der Waals surface area contributed by atoms with Crippen molar-refractivity contribution in [3.8, 4) is 0 Å². The van der Waals surface area contributed by atoms with Gasteiger partial charge in [0.25, 0.3) is 0 Å². The van der Waals surface area contributed by atoms with E-state index in [0.717, 1.165) is 11.6 Å². The summed E-state index contributed by atoms with van der Waals surface area (Å²) in [5.41, 5.74) is 1.03. The second-order valence-electron chi connectivity index (χ2n) is 3.57. The number of thioether (sulfide) groups is 1. The Morgan fingerprint density at radius 3 is 2.28 bits per heavy atom. The lowest BCUT2D eigenvalue weighted by Gasteiger charge is -2.08. The van der Waals surface area contributed by atoms with Crippen molar-refractivity contribution >= 4 is 35.0 Å². The van der Waals surface area contributed by atoms with Crippen molar-refractivity contribution in [1.29, 1.82) is 0 Å². The first kappa shape index (κ1) is 13.7. The third-order valence-electron chi connectivity index (χ3n) is 2.30. The topological polar surface area (TPSA) is 0 Å². The summed E-state index contributed by atoms with van der Waals surface area (Å²) in [5, 5.41) is -0.316. The standard InChI is InChI=1S/C13H8Cl2F2S/c14-11-9(16)6-10(17)13(12(11)15)18-7-8-4-2-1-3-5-8/h1-6H,7H2. The fraction of sp³-hybridized carbons (Fsp3) is 0.0769. The van der Waals surface area contributed by atoms with Gasteiger partial charge in [0.15, 0.2) is 0 Å². The molecular formula is C13H8Cl2F2S. The van der Waals surface area contributed by atoms with Crippen LogP contribution in [0.3, 0.4) is 0 Å². The zero-order valence-corrected chi connectivity index (χ0v) is 11.4. The average molecular weight is 305 g/mol. The molecule has 0 aliphatic heterocycles. The molecular weight excluding hydrogens is 297 g/mol. The van der Waals surface area contributed by atoms with Gasteiger partial charge in [0.05, 0.1) is 14.9 Å². The average Bonchev–Trinajstić information content (AvgIpc) is 2.37. The Kier molecular flexibility index (Phi) is 4.49. The molecule has 0 amide bonds. The monoisotopic (exact) mass is 304 g/mol. The lowest BCUT2D eigenvalue weighted by Crippen LogP contribution is -1.90. The minimum Gasteiger partial charge on any atom is -0.206 e. The summed E-state index contributed by atoms with van der Waals surface area (Å²) in [6.45, 7) is 0. The van der Waals surface area contributed by atoms with Crippen LogP contribution in [0.2, 0.25) is 10.0 Å². The maximum absolute atomic E-state index is 13.6. The van der Waals surface area contributed by atoms with Gasteiger partial charge in [-0.1, -0.05) is 53.5 Å². The van der Waals surface area contributed by atoms with Gasteiger partial charge in [-0.3, -0.25) is 0 Å². The number of rotatable bonds is 3. The molecule has 0 atom stereocenters. The number of halogens is 4. The van der Waals surface area contributed by atoms with Crippen molar-refractivity contribution in [2.24, 2.45) is 0 Å². The fourth-order valence-electron chi connectivity index (χ4n) is 1.41. The van der Waals surface area contributed by atoms with E-state index < -0.39 is 11.6 Å². The van der Waals surface area contributed by atoms with Gasteiger partial charge < -0.3 is 0 Å². The molecule has 0 unspecified atom stereocenters. The number of hydrogen-bond donors (Lipinski definition) is 0. The molecule has 94 valence electrons. The van der Waals surface area contributed by atoms with E-state index in [0.29, 0.717) is 5.75 Å². The summed E-state index contributed by atoms with van der Waals surface area (Å²) in [7, 11) is 0. The molecule has 0 saturated heterocycles. The van der Waals surface area contributed by atoms with Crippen molar-refractivity contribution < 1.29 is 8.78 Å². The van der Waals surface area contributed by atoms with Gasteiger partial charge in [0.1, 0.15) is 11.6 Å². The lowest BCUT2D eigenvalue weighted by atomic mass is 10.2. The first-order chi connectivity index (χ1) is 8.59. The van der Waals surface area contributed by atoms with Crippen molar-refractivity contribution in [1.82, 2.24) is 0 Å². The largest absolute Gasteiger partial charge is 0.206 e. The minimum absolute atomic E-state index is 0.0740. The van der Waals surface area contributed by atoms with Crippen LogP contribution in [0, 0.1) is 11.6 Å². The molecule has 0 N–H and O–H groups in total. The van der Waals surface area contributed by atoms with Crippen LogP contribution in [0.1, 0.15) is 5.56 Å². The third-order valence-corrected chi connectivity index (χ3v) is 4.42. The molecule has 0 fully saturated rings. The van der Waals surface area contributed by atoms with E-state index in [4.69, 9.17) is 23.2 Å². The van der Waals surface area contributed by atoms with Crippen LogP contribution >= 0.6 is 35.0 Å². The van der Waals surface area contributed by atoms with Crippen LogP contribution in [0.15, 0.2) is 41.3 Å². The molecule has 0 aliphatic carbocycles. The quantitative estimate of drug-likeness (QED) is 0.406. The predicted molar refractivity (Wildman–Crippen MR) is 72.4 cm³/mol. The summed E-state index contributed by atoms with van der Waals surface area (Å²) < 4.78 is 26.7. The molecule has 18 heavy (non-hydrogen) atoms.